The Morgan fingerprint density at radius 3 is 2.62 bits per heavy atom. The molecule has 1 saturated heterocycles. The molecule has 0 aliphatic carbocycles. The molecular weight excluding hydrogens is 292 g/mol. The molecule has 116 valence electrons. The number of hydrogen-bond acceptors (Lipinski definition) is 3. The molecule has 0 unspecified atom stereocenters. The summed E-state index contributed by atoms with van der Waals surface area (Å²) in [7, 11) is -3.64. The van der Waals surface area contributed by atoms with Crippen molar-refractivity contribution >= 4 is 16.1 Å². The molecule has 2 rings (SSSR count). The predicted molar refractivity (Wildman–Crippen MR) is 78.8 cm³/mol. The van der Waals surface area contributed by atoms with Gasteiger partial charge in [0, 0.05) is 18.6 Å². The van der Waals surface area contributed by atoms with Gasteiger partial charge in [-0.3, -0.25) is 0 Å². The van der Waals surface area contributed by atoms with Crippen molar-refractivity contribution in [2.75, 3.05) is 6.54 Å². The number of carbonyl (C=O) groups is 1. The zero-order chi connectivity index (χ0) is 15.8. The maximum absolute atomic E-state index is 12.5. The van der Waals surface area contributed by atoms with Crippen LogP contribution in [0.15, 0.2) is 23.1 Å². The average Bonchev–Trinajstić information content (AvgIpc) is 2.72. The minimum Gasteiger partial charge on any atom is -0.465 e. The highest BCUT2D eigenvalue weighted by Crippen LogP contribution is 2.21. The molecule has 7 heteroatoms. The van der Waals surface area contributed by atoms with Gasteiger partial charge in [0.1, 0.15) is 0 Å². The van der Waals surface area contributed by atoms with Crippen LogP contribution in [-0.4, -0.2) is 43.1 Å². The van der Waals surface area contributed by atoms with Crippen molar-refractivity contribution in [1.82, 2.24) is 9.62 Å². The first-order valence-electron chi connectivity index (χ1n) is 6.80. The Kier molecular flexibility index (Phi) is 4.25. The third kappa shape index (κ3) is 3.36. The quantitative estimate of drug-likeness (QED) is 0.890. The largest absolute Gasteiger partial charge is 0.465 e. The summed E-state index contributed by atoms with van der Waals surface area (Å²) in [4.78, 5) is 12.6. The third-order valence-corrected chi connectivity index (χ3v) is 5.44. The lowest BCUT2D eigenvalue weighted by Gasteiger charge is -2.17. The molecule has 1 fully saturated rings. The Morgan fingerprint density at radius 1 is 1.38 bits per heavy atom. The van der Waals surface area contributed by atoms with Crippen LogP contribution in [0.4, 0.5) is 4.79 Å². The molecule has 1 aliphatic heterocycles. The summed E-state index contributed by atoms with van der Waals surface area (Å²) >= 11 is 0. The minimum absolute atomic E-state index is 0.181. The number of amides is 1. The molecule has 0 aromatic heterocycles. The highest BCUT2D eigenvalue weighted by molar-refractivity contribution is 7.89. The lowest BCUT2D eigenvalue weighted by molar-refractivity contribution is 0.143. The van der Waals surface area contributed by atoms with Crippen molar-refractivity contribution in [2.24, 2.45) is 0 Å². The maximum Gasteiger partial charge on any atom is 0.407 e. The summed E-state index contributed by atoms with van der Waals surface area (Å²) in [6, 6.07) is 4.68. The summed E-state index contributed by atoms with van der Waals surface area (Å²) < 4.78 is 27.6. The van der Waals surface area contributed by atoms with Gasteiger partial charge in [-0.15, -0.1) is 0 Å². The van der Waals surface area contributed by atoms with Crippen LogP contribution in [-0.2, 0) is 10.0 Å². The van der Waals surface area contributed by atoms with Gasteiger partial charge in [0.15, 0.2) is 0 Å². The van der Waals surface area contributed by atoms with E-state index in [1.165, 1.54) is 4.90 Å². The smallest absolute Gasteiger partial charge is 0.407 e. The number of sulfonamides is 1. The number of carboxylic acid groups (broad SMARTS) is 1. The second kappa shape index (κ2) is 5.65. The molecule has 1 heterocycles. The van der Waals surface area contributed by atoms with Gasteiger partial charge in [-0.1, -0.05) is 12.1 Å². The molecule has 0 radical (unpaired) electrons. The van der Waals surface area contributed by atoms with Crippen LogP contribution in [0.3, 0.4) is 0 Å². The molecule has 1 amide bonds. The molecule has 6 nitrogen and oxygen atoms in total. The highest BCUT2D eigenvalue weighted by Gasteiger charge is 2.35. The van der Waals surface area contributed by atoms with Crippen LogP contribution in [0.25, 0.3) is 0 Å². The van der Waals surface area contributed by atoms with Crippen LogP contribution >= 0.6 is 0 Å². The Balaban J connectivity index is 2.19. The molecule has 2 atom stereocenters. The number of rotatable bonds is 3. The van der Waals surface area contributed by atoms with E-state index in [-0.39, 0.29) is 23.5 Å². The molecule has 1 aromatic carbocycles. The van der Waals surface area contributed by atoms with Crippen molar-refractivity contribution < 1.29 is 18.3 Å². The average molecular weight is 312 g/mol. The van der Waals surface area contributed by atoms with Crippen LogP contribution < -0.4 is 4.72 Å². The molecule has 2 N–H and O–H groups in total. The van der Waals surface area contributed by atoms with E-state index in [2.05, 4.69) is 4.72 Å². The summed E-state index contributed by atoms with van der Waals surface area (Å²) in [6.07, 6.45) is -0.535. The number of nitrogens with zero attached hydrogens (tertiary/aromatic N) is 1. The van der Waals surface area contributed by atoms with Crippen LogP contribution in [0.2, 0.25) is 0 Å². The molecule has 1 aliphatic rings. The number of benzene rings is 1. The minimum atomic E-state index is -3.64. The van der Waals surface area contributed by atoms with E-state index in [4.69, 9.17) is 5.11 Å². The zero-order valence-corrected chi connectivity index (χ0v) is 13.1. The molecule has 0 bridgehead atoms. The fraction of sp³-hybridized carbons (Fsp3) is 0.500. The Bertz CT molecular complexity index is 657. The van der Waals surface area contributed by atoms with E-state index < -0.39 is 16.1 Å². The first kappa shape index (κ1) is 15.8. The lowest BCUT2D eigenvalue weighted by Crippen LogP contribution is -2.38. The van der Waals surface area contributed by atoms with E-state index in [0.29, 0.717) is 12.0 Å². The first-order valence-corrected chi connectivity index (χ1v) is 8.28. The van der Waals surface area contributed by atoms with Gasteiger partial charge >= 0.3 is 6.09 Å². The van der Waals surface area contributed by atoms with E-state index in [1.807, 2.05) is 13.0 Å². The van der Waals surface area contributed by atoms with Crippen molar-refractivity contribution in [2.45, 2.75) is 44.2 Å². The highest BCUT2D eigenvalue weighted by atomic mass is 32.2. The summed E-state index contributed by atoms with van der Waals surface area (Å²) in [6.45, 7) is 5.54. The van der Waals surface area contributed by atoms with Gasteiger partial charge in [0.25, 0.3) is 0 Å². The summed E-state index contributed by atoms with van der Waals surface area (Å²) in [5, 5.41) is 9.05. The van der Waals surface area contributed by atoms with E-state index in [1.54, 1.807) is 26.0 Å². The van der Waals surface area contributed by atoms with Gasteiger partial charge in [0.2, 0.25) is 10.0 Å². The number of nitrogens with one attached hydrogen (secondary N) is 1. The molecule has 0 saturated carbocycles. The second-order valence-electron chi connectivity index (χ2n) is 5.61. The third-order valence-electron chi connectivity index (χ3n) is 3.78. The second-order valence-corrected chi connectivity index (χ2v) is 7.29. The van der Waals surface area contributed by atoms with E-state index in [9.17, 15) is 13.2 Å². The molecule has 21 heavy (non-hydrogen) atoms. The molecular formula is C14H20N2O4S. The Morgan fingerprint density at radius 2 is 2.05 bits per heavy atom. The van der Waals surface area contributed by atoms with Crippen LogP contribution in [0.5, 0.6) is 0 Å². The Hall–Kier alpha value is -1.60. The van der Waals surface area contributed by atoms with Gasteiger partial charge in [-0.05, 0) is 44.4 Å². The topological polar surface area (TPSA) is 86.7 Å². The fourth-order valence-corrected chi connectivity index (χ4v) is 4.23. The van der Waals surface area contributed by atoms with Crippen LogP contribution in [0.1, 0.15) is 24.5 Å². The Labute approximate surface area is 124 Å². The number of likely N-dealkylation sites (tertiary alicyclic amines) is 1. The number of aryl methyl sites for hydroxylation is 2. The number of hydrogen-bond donors (Lipinski definition) is 2. The first-order chi connectivity index (χ1) is 9.70. The van der Waals surface area contributed by atoms with Gasteiger partial charge in [-0.2, -0.15) is 0 Å². The standard InChI is InChI=1S/C14H20N2O4S/c1-9-4-5-10(2)13(6-9)21(19,20)15-12-7-11(3)16(8-12)14(17)18/h4-6,11-12,15H,7-8H2,1-3H3,(H,17,18)/t11-,12+/m0/s1. The van der Waals surface area contributed by atoms with Crippen molar-refractivity contribution in [1.29, 1.82) is 0 Å². The summed E-state index contributed by atoms with van der Waals surface area (Å²) in [5.74, 6) is 0. The lowest BCUT2D eigenvalue weighted by atomic mass is 10.2. The maximum atomic E-state index is 12.5. The predicted octanol–water partition coefficient (Wildman–Crippen LogP) is 1.72. The normalized spacial score (nSPS) is 22.5. The van der Waals surface area contributed by atoms with E-state index in [0.717, 1.165) is 5.56 Å². The zero-order valence-electron chi connectivity index (χ0n) is 12.3. The van der Waals surface area contributed by atoms with Crippen LogP contribution in [0, 0.1) is 13.8 Å². The molecule has 1 aromatic rings. The van der Waals surface area contributed by atoms with Gasteiger partial charge in [0.05, 0.1) is 4.90 Å². The van der Waals surface area contributed by atoms with Crippen molar-refractivity contribution in [3.05, 3.63) is 29.3 Å². The SMILES string of the molecule is Cc1ccc(C)c(S(=O)(=O)N[C@@H]2C[C@H](C)N(C(=O)O)C2)c1. The van der Waals surface area contributed by atoms with Gasteiger partial charge < -0.3 is 10.0 Å². The molecule has 0 spiro atoms. The van der Waals surface area contributed by atoms with Gasteiger partial charge in [-0.25, -0.2) is 17.9 Å². The fourth-order valence-electron chi connectivity index (χ4n) is 2.66. The van der Waals surface area contributed by atoms with Crippen molar-refractivity contribution in [3.8, 4) is 0 Å². The monoisotopic (exact) mass is 312 g/mol. The van der Waals surface area contributed by atoms with E-state index >= 15 is 0 Å². The summed E-state index contributed by atoms with van der Waals surface area (Å²) in [5.41, 5.74) is 1.54. The van der Waals surface area contributed by atoms with Crippen molar-refractivity contribution in [3.63, 3.8) is 0 Å².